The molecule has 1 saturated heterocycles. The minimum atomic E-state index is -0.167. The standard InChI is InChI=1S/C13H20N2O3/c1-9-6-15(7-10(8-16)18-9)11-4-3-5-12(17-2)13(11)14/h3-5,9-10,16H,6-8,14H2,1-2H3. The Kier molecular flexibility index (Phi) is 3.93. The maximum atomic E-state index is 9.24. The Hall–Kier alpha value is -1.46. The zero-order valence-corrected chi connectivity index (χ0v) is 10.8. The fourth-order valence-corrected chi connectivity index (χ4v) is 2.33. The molecule has 5 nitrogen and oxygen atoms in total. The number of anilines is 2. The molecule has 2 rings (SSSR count). The van der Waals surface area contributed by atoms with Crippen molar-refractivity contribution in [2.24, 2.45) is 0 Å². The molecule has 1 fully saturated rings. The first-order chi connectivity index (χ1) is 8.65. The number of methoxy groups -OCH3 is 1. The molecule has 0 amide bonds. The number of aliphatic hydroxyl groups is 1. The van der Waals surface area contributed by atoms with Gasteiger partial charge >= 0.3 is 0 Å². The van der Waals surface area contributed by atoms with Crippen LogP contribution in [0.2, 0.25) is 0 Å². The Balaban J connectivity index is 2.25. The van der Waals surface area contributed by atoms with Crippen LogP contribution in [-0.4, -0.2) is 44.1 Å². The summed E-state index contributed by atoms with van der Waals surface area (Å²) in [5.41, 5.74) is 7.65. The van der Waals surface area contributed by atoms with Crippen molar-refractivity contribution in [3.63, 3.8) is 0 Å². The molecule has 100 valence electrons. The summed E-state index contributed by atoms with van der Waals surface area (Å²) in [5, 5.41) is 9.24. The molecule has 0 bridgehead atoms. The summed E-state index contributed by atoms with van der Waals surface area (Å²) in [6, 6.07) is 5.72. The molecule has 1 aliphatic rings. The molecule has 1 aromatic carbocycles. The Morgan fingerprint density at radius 2 is 2.28 bits per heavy atom. The molecule has 2 unspecified atom stereocenters. The fourth-order valence-electron chi connectivity index (χ4n) is 2.33. The van der Waals surface area contributed by atoms with Crippen molar-refractivity contribution in [1.82, 2.24) is 0 Å². The van der Waals surface area contributed by atoms with Gasteiger partial charge in [-0.1, -0.05) is 6.07 Å². The lowest BCUT2D eigenvalue weighted by Gasteiger charge is -2.38. The highest BCUT2D eigenvalue weighted by Crippen LogP contribution is 2.33. The van der Waals surface area contributed by atoms with Crippen LogP contribution in [0.4, 0.5) is 11.4 Å². The van der Waals surface area contributed by atoms with Crippen molar-refractivity contribution in [3.8, 4) is 5.75 Å². The third-order valence-corrected chi connectivity index (χ3v) is 3.13. The van der Waals surface area contributed by atoms with Gasteiger partial charge in [0.15, 0.2) is 0 Å². The number of hydrogen-bond donors (Lipinski definition) is 2. The highest BCUT2D eigenvalue weighted by molar-refractivity contribution is 5.74. The minimum Gasteiger partial charge on any atom is -0.495 e. The highest BCUT2D eigenvalue weighted by Gasteiger charge is 2.26. The Morgan fingerprint density at radius 1 is 1.50 bits per heavy atom. The molecular formula is C13H20N2O3. The number of nitrogen functional groups attached to an aromatic ring is 1. The summed E-state index contributed by atoms with van der Waals surface area (Å²) in [5.74, 6) is 0.673. The van der Waals surface area contributed by atoms with E-state index in [1.807, 2.05) is 25.1 Å². The monoisotopic (exact) mass is 252 g/mol. The first kappa shape index (κ1) is 13.0. The van der Waals surface area contributed by atoms with Crippen LogP contribution in [-0.2, 0) is 4.74 Å². The van der Waals surface area contributed by atoms with E-state index in [1.54, 1.807) is 7.11 Å². The number of hydrogen-bond acceptors (Lipinski definition) is 5. The van der Waals surface area contributed by atoms with Crippen molar-refractivity contribution in [2.75, 3.05) is 37.4 Å². The molecule has 18 heavy (non-hydrogen) atoms. The lowest BCUT2D eigenvalue weighted by molar-refractivity contribution is -0.0420. The van der Waals surface area contributed by atoms with E-state index in [0.717, 1.165) is 12.2 Å². The third kappa shape index (κ3) is 2.52. The molecule has 1 aromatic rings. The maximum absolute atomic E-state index is 9.24. The summed E-state index contributed by atoms with van der Waals surface area (Å²) in [7, 11) is 1.61. The fraction of sp³-hybridized carbons (Fsp3) is 0.538. The Morgan fingerprint density at radius 3 is 2.94 bits per heavy atom. The van der Waals surface area contributed by atoms with Gasteiger partial charge in [0.05, 0.1) is 37.3 Å². The second kappa shape index (κ2) is 5.46. The van der Waals surface area contributed by atoms with Gasteiger partial charge < -0.3 is 25.2 Å². The number of ether oxygens (including phenoxy) is 2. The van der Waals surface area contributed by atoms with Crippen LogP contribution in [0.3, 0.4) is 0 Å². The van der Waals surface area contributed by atoms with Crippen molar-refractivity contribution >= 4 is 11.4 Å². The predicted octanol–water partition coefficient (Wildman–Crippen LogP) is 0.863. The normalized spacial score (nSPS) is 24.1. The molecule has 0 radical (unpaired) electrons. The summed E-state index contributed by atoms with van der Waals surface area (Å²) in [4.78, 5) is 2.13. The third-order valence-electron chi connectivity index (χ3n) is 3.13. The quantitative estimate of drug-likeness (QED) is 0.781. The lowest BCUT2D eigenvalue weighted by Crippen LogP contribution is -2.48. The van der Waals surface area contributed by atoms with Gasteiger partial charge in [-0.3, -0.25) is 0 Å². The van der Waals surface area contributed by atoms with Crippen LogP contribution in [0.1, 0.15) is 6.92 Å². The van der Waals surface area contributed by atoms with Gasteiger partial charge in [-0.25, -0.2) is 0 Å². The Labute approximate surface area is 107 Å². The van der Waals surface area contributed by atoms with Gasteiger partial charge in [0.2, 0.25) is 0 Å². The highest BCUT2D eigenvalue weighted by atomic mass is 16.5. The van der Waals surface area contributed by atoms with Crippen LogP contribution in [0.25, 0.3) is 0 Å². The van der Waals surface area contributed by atoms with Gasteiger partial charge in [0.1, 0.15) is 5.75 Å². The van der Waals surface area contributed by atoms with Crippen molar-refractivity contribution in [3.05, 3.63) is 18.2 Å². The van der Waals surface area contributed by atoms with E-state index in [1.165, 1.54) is 0 Å². The zero-order valence-electron chi connectivity index (χ0n) is 10.8. The summed E-state index contributed by atoms with van der Waals surface area (Å²) in [6.45, 7) is 3.40. The van der Waals surface area contributed by atoms with Gasteiger partial charge in [0, 0.05) is 13.1 Å². The largest absolute Gasteiger partial charge is 0.495 e. The van der Waals surface area contributed by atoms with Crippen LogP contribution in [0.15, 0.2) is 18.2 Å². The van der Waals surface area contributed by atoms with Crippen LogP contribution < -0.4 is 15.4 Å². The van der Waals surface area contributed by atoms with E-state index in [9.17, 15) is 5.11 Å². The topological polar surface area (TPSA) is 68.0 Å². The molecule has 0 aromatic heterocycles. The maximum Gasteiger partial charge on any atom is 0.143 e. The minimum absolute atomic E-state index is 0.0186. The number of nitrogens with two attached hydrogens (primary N) is 1. The van der Waals surface area contributed by atoms with Crippen molar-refractivity contribution in [1.29, 1.82) is 0 Å². The summed E-state index contributed by atoms with van der Waals surface area (Å²) >= 11 is 0. The van der Waals surface area contributed by atoms with Gasteiger partial charge in [0.25, 0.3) is 0 Å². The zero-order chi connectivity index (χ0) is 13.1. The van der Waals surface area contributed by atoms with Crippen LogP contribution >= 0.6 is 0 Å². The van der Waals surface area contributed by atoms with Gasteiger partial charge in [-0.2, -0.15) is 0 Å². The molecule has 0 spiro atoms. The predicted molar refractivity (Wildman–Crippen MR) is 71.0 cm³/mol. The number of nitrogens with zero attached hydrogens (tertiary/aromatic N) is 1. The van der Waals surface area contributed by atoms with E-state index in [4.69, 9.17) is 15.2 Å². The number of benzene rings is 1. The van der Waals surface area contributed by atoms with Crippen molar-refractivity contribution in [2.45, 2.75) is 19.1 Å². The number of morpholine rings is 1. The number of aliphatic hydroxyl groups excluding tert-OH is 1. The van der Waals surface area contributed by atoms with E-state index in [-0.39, 0.29) is 18.8 Å². The molecule has 0 saturated carbocycles. The smallest absolute Gasteiger partial charge is 0.143 e. The second-order valence-electron chi connectivity index (χ2n) is 4.55. The van der Waals surface area contributed by atoms with E-state index in [2.05, 4.69) is 4.90 Å². The first-order valence-electron chi connectivity index (χ1n) is 6.09. The SMILES string of the molecule is COc1cccc(N2CC(C)OC(CO)C2)c1N. The molecule has 1 heterocycles. The van der Waals surface area contributed by atoms with Crippen molar-refractivity contribution < 1.29 is 14.6 Å². The van der Waals surface area contributed by atoms with Gasteiger partial charge in [-0.05, 0) is 19.1 Å². The van der Waals surface area contributed by atoms with Crippen LogP contribution in [0, 0.1) is 0 Å². The van der Waals surface area contributed by atoms with E-state index >= 15 is 0 Å². The molecule has 1 aliphatic heterocycles. The molecular weight excluding hydrogens is 232 g/mol. The Bertz CT molecular complexity index is 411. The number of rotatable bonds is 3. The lowest BCUT2D eigenvalue weighted by atomic mass is 10.1. The first-order valence-corrected chi connectivity index (χ1v) is 6.09. The van der Waals surface area contributed by atoms with E-state index in [0.29, 0.717) is 18.0 Å². The molecule has 0 aliphatic carbocycles. The number of para-hydroxylation sites is 1. The van der Waals surface area contributed by atoms with Crippen LogP contribution in [0.5, 0.6) is 5.75 Å². The second-order valence-corrected chi connectivity index (χ2v) is 4.55. The molecule has 5 heteroatoms. The summed E-state index contributed by atoms with van der Waals surface area (Å²) < 4.78 is 10.8. The molecule has 2 atom stereocenters. The molecule has 3 N–H and O–H groups in total. The summed E-state index contributed by atoms with van der Waals surface area (Å²) in [6.07, 6.45) is -0.0964. The van der Waals surface area contributed by atoms with E-state index < -0.39 is 0 Å². The van der Waals surface area contributed by atoms with Gasteiger partial charge in [-0.15, -0.1) is 0 Å². The average molecular weight is 252 g/mol. The average Bonchev–Trinajstić information content (AvgIpc) is 2.38.